The number of nitrogens with zero attached hydrogens (tertiary/aromatic N) is 1. The van der Waals surface area contributed by atoms with Gasteiger partial charge in [0.25, 0.3) is 5.91 Å². The summed E-state index contributed by atoms with van der Waals surface area (Å²) in [5, 5.41) is 3.52. The molecule has 1 amide bonds. The van der Waals surface area contributed by atoms with Gasteiger partial charge in [0.05, 0.1) is 10.2 Å². The Morgan fingerprint density at radius 1 is 1.10 bits per heavy atom. The van der Waals surface area contributed by atoms with Crippen molar-refractivity contribution in [2.75, 3.05) is 5.32 Å². The number of hydrogen-bond acceptors (Lipinski definition) is 4. The zero-order chi connectivity index (χ0) is 20.4. The second-order valence-corrected chi connectivity index (χ2v) is 7.87. The number of halogens is 1. The predicted octanol–water partition coefficient (Wildman–Crippen LogP) is 5.08. The molecule has 0 fully saturated rings. The quantitative estimate of drug-likeness (QED) is 0.485. The number of hydrogen-bond donors (Lipinski definition) is 1. The lowest BCUT2D eigenvalue weighted by Gasteiger charge is -2.09. The minimum absolute atomic E-state index is 0.0316. The molecule has 4 aromatic rings. The number of thiazole rings is 1. The van der Waals surface area contributed by atoms with Crippen LogP contribution in [0.1, 0.15) is 15.9 Å². The van der Waals surface area contributed by atoms with Crippen molar-refractivity contribution in [3.05, 3.63) is 92.5 Å². The van der Waals surface area contributed by atoms with E-state index in [2.05, 4.69) is 5.32 Å². The number of fused-ring (bicyclic) bond motifs is 1. The number of anilines is 1. The molecule has 4 rings (SSSR count). The van der Waals surface area contributed by atoms with E-state index in [0.717, 1.165) is 27.1 Å². The molecule has 146 valence electrons. The summed E-state index contributed by atoms with van der Waals surface area (Å²) in [6.07, 6.45) is 0. The van der Waals surface area contributed by atoms with Crippen LogP contribution in [0.4, 0.5) is 5.69 Å². The predicted molar refractivity (Wildman–Crippen MR) is 117 cm³/mol. The van der Waals surface area contributed by atoms with Crippen LogP contribution in [0.2, 0.25) is 5.02 Å². The van der Waals surface area contributed by atoms with Crippen LogP contribution in [0.5, 0.6) is 5.75 Å². The van der Waals surface area contributed by atoms with Crippen molar-refractivity contribution < 1.29 is 9.53 Å². The Bertz CT molecular complexity index is 1250. The van der Waals surface area contributed by atoms with E-state index >= 15 is 0 Å². The van der Waals surface area contributed by atoms with Crippen LogP contribution in [0, 0.1) is 0 Å². The second kappa shape index (κ2) is 8.11. The standard InChI is InChI=1S/C22H17ClN2O3S/c1-25-19-11-8-16(12-20(19)29-22(25)27)24-21(26)14-6-9-17(10-7-14)28-13-15-4-2-3-5-18(15)23/h2-12H,13H2,1H3,(H,24,26). The Morgan fingerprint density at radius 3 is 2.62 bits per heavy atom. The molecule has 1 aromatic heterocycles. The number of rotatable bonds is 5. The first-order valence-corrected chi connectivity index (χ1v) is 10.1. The Morgan fingerprint density at radius 2 is 1.86 bits per heavy atom. The van der Waals surface area contributed by atoms with Gasteiger partial charge in [0.15, 0.2) is 0 Å². The van der Waals surface area contributed by atoms with Gasteiger partial charge in [0.1, 0.15) is 12.4 Å². The first-order valence-electron chi connectivity index (χ1n) is 8.88. The van der Waals surface area contributed by atoms with Crippen molar-refractivity contribution in [1.29, 1.82) is 0 Å². The lowest BCUT2D eigenvalue weighted by Crippen LogP contribution is -2.11. The number of benzene rings is 3. The average Bonchev–Trinajstić information content (AvgIpc) is 3.01. The summed E-state index contributed by atoms with van der Waals surface area (Å²) >= 11 is 7.28. The van der Waals surface area contributed by atoms with Gasteiger partial charge in [-0.2, -0.15) is 0 Å². The van der Waals surface area contributed by atoms with Crippen LogP contribution in [0.15, 0.2) is 71.5 Å². The van der Waals surface area contributed by atoms with Crippen LogP contribution in [-0.4, -0.2) is 10.5 Å². The molecule has 0 bridgehead atoms. The highest BCUT2D eigenvalue weighted by Gasteiger charge is 2.09. The molecule has 29 heavy (non-hydrogen) atoms. The maximum Gasteiger partial charge on any atom is 0.307 e. The summed E-state index contributed by atoms with van der Waals surface area (Å²) in [6.45, 7) is 0.352. The summed E-state index contributed by atoms with van der Waals surface area (Å²) in [7, 11) is 1.73. The number of aryl methyl sites for hydroxylation is 1. The normalized spacial score (nSPS) is 10.8. The highest BCUT2D eigenvalue weighted by molar-refractivity contribution is 7.16. The van der Waals surface area contributed by atoms with E-state index in [0.29, 0.717) is 28.6 Å². The monoisotopic (exact) mass is 424 g/mol. The molecule has 0 spiro atoms. The molecule has 0 radical (unpaired) electrons. The molecular formula is C22H17ClN2O3S. The second-order valence-electron chi connectivity index (χ2n) is 6.47. The van der Waals surface area contributed by atoms with Crippen molar-refractivity contribution in [2.45, 2.75) is 6.61 Å². The van der Waals surface area contributed by atoms with Gasteiger partial charge in [-0.3, -0.25) is 9.59 Å². The zero-order valence-corrected chi connectivity index (χ0v) is 17.1. The summed E-state index contributed by atoms with van der Waals surface area (Å²) in [4.78, 5) is 24.3. The molecule has 5 nitrogen and oxygen atoms in total. The van der Waals surface area contributed by atoms with E-state index in [1.165, 1.54) is 0 Å². The molecule has 0 saturated carbocycles. The summed E-state index contributed by atoms with van der Waals surface area (Å²) < 4.78 is 8.16. The molecule has 0 atom stereocenters. The Balaban J connectivity index is 1.42. The van der Waals surface area contributed by atoms with Gasteiger partial charge in [0.2, 0.25) is 0 Å². The van der Waals surface area contributed by atoms with Crippen molar-refractivity contribution in [3.8, 4) is 5.75 Å². The summed E-state index contributed by atoms with van der Waals surface area (Å²) in [6, 6.07) is 19.8. The third-order valence-electron chi connectivity index (χ3n) is 4.52. The van der Waals surface area contributed by atoms with Crippen molar-refractivity contribution in [1.82, 2.24) is 4.57 Å². The molecule has 0 unspecified atom stereocenters. The fraction of sp³-hybridized carbons (Fsp3) is 0.0909. The molecule has 7 heteroatoms. The fourth-order valence-corrected chi connectivity index (χ4v) is 4.00. The van der Waals surface area contributed by atoms with Crippen LogP contribution < -0.4 is 14.9 Å². The molecule has 0 aliphatic heterocycles. The van der Waals surface area contributed by atoms with Gasteiger partial charge < -0.3 is 14.6 Å². The van der Waals surface area contributed by atoms with E-state index in [-0.39, 0.29) is 10.8 Å². The lowest BCUT2D eigenvalue weighted by molar-refractivity contribution is 0.102. The molecule has 1 heterocycles. The Labute approximate surface area is 176 Å². The summed E-state index contributed by atoms with van der Waals surface area (Å²) in [5.74, 6) is 0.419. The SMILES string of the molecule is Cn1c(=O)sc2cc(NC(=O)c3ccc(OCc4ccccc4Cl)cc3)ccc21. The smallest absolute Gasteiger partial charge is 0.307 e. The largest absolute Gasteiger partial charge is 0.489 e. The number of carbonyl (C=O) groups excluding carboxylic acids is 1. The van der Waals surface area contributed by atoms with Crippen molar-refractivity contribution in [2.24, 2.45) is 7.05 Å². The molecular weight excluding hydrogens is 408 g/mol. The molecule has 0 aliphatic carbocycles. The third-order valence-corrected chi connectivity index (χ3v) is 5.88. The van der Waals surface area contributed by atoms with Crippen molar-refractivity contribution in [3.63, 3.8) is 0 Å². The maximum absolute atomic E-state index is 12.5. The number of carbonyl (C=O) groups is 1. The summed E-state index contributed by atoms with van der Waals surface area (Å²) in [5.41, 5.74) is 2.90. The topological polar surface area (TPSA) is 60.3 Å². The van der Waals surface area contributed by atoms with E-state index in [1.807, 2.05) is 30.3 Å². The molecule has 1 N–H and O–H groups in total. The minimum atomic E-state index is -0.231. The highest BCUT2D eigenvalue weighted by atomic mass is 35.5. The number of aromatic nitrogens is 1. The highest BCUT2D eigenvalue weighted by Crippen LogP contribution is 2.22. The minimum Gasteiger partial charge on any atom is -0.489 e. The lowest BCUT2D eigenvalue weighted by atomic mass is 10.2. The number of ether oxygens (including phenoxy) is 1. The molecule has 0 saturated heterocycles. The molecule has 3 aromatic carbocycles. The van der Waals surface area contributed by atoms with Crippen LogP contribution in [0.25, 0.3) is 10.2 Å². The first-order chi connectivity index (χ1) is 14.0. The fourth-order valence-electron chi connectivity index (χ4n) is 2.89. The Kier molecular flexibility index (Phi) is 5.38. The van der Waals surface area contributed by atoms with Gasteiger partial charge in [-0.1, -0.05) is 41.1 Å². The van der Waals surface area contributed by atoms with Gasteiger partial charge in [0, 0.05) is 28.9 Å². The van der Waals surface area contributed by atoms with Crippen LogP contribution >= 0.6 is 22.9 Å². The van der Waals surface area contributed by atoms with E-state index in [9.17, 15) is 9.59 Å². The van der Waals surface area contributed by atoms with E-state index in [1.54, 1.807) is 48.0 Å². The average molecular weight is 425 g/mol. The van der Waals surface area contributed by atoms with Gasteiger partial charge in [-0.05, 0) is 48.5 Å². The zero-order valence-electron chi connectivity index (χ0n) is 15.5. The first kappa shape index (κ1) is 19.2. The maximum atomic E-state index is 12.5. The van der Waals surface area contributed by atoms with Gasteiger partial charge in [-0.25, -0.2) is 0 Å². The van der Waals surface area contributed by atoms with E-state index < -0.39 is 0 Å². The van der Waals surface area contributed by atoms with Gasteiger partial charge >= 0.3 is 4.87 Å². The van der Waals surface area contributed by atoms with Crippen LogP contribution in [-0.2, 0) is 13.7 Å². The van der Waals surface area contributed by atoms with Gasteiger partial charge in [-0.15, -0.1) is 0 Å². The van der Waals surface area contributed by atoms with Crippen molar-refractivity contribution >= 4 is 44.7 Å². The number of amides is 1. The Hall–Kier alpha value is -3.09. The molecule has 0 aliphatic rings. The third kappa shape index (κ3) is 4.18. The van der Waals surface area contributed by atoms with E-state index in [4.69, 9.17) is 16.3 Å². The number of nitrogens with one attached hydrogen (secondary N) is 1. The van der Waals surface area contributed by atoms with Crippen LogP contribution in [0.3, 0.4) is 0 Å².